The molecule has 0 aliphatic carbocycles. The minimum atomic E-state index is -0.510. The van der Waals surface area contributed by atoms with Crippen LogP contribution in [0.5, 0.6) is 11.5 Å². The highest BCUT2D eigenvalue weighted by Gasteiger charge is 2.06. The molecule has 2 aromatic carbocycles. The number of primary amides is 1. The first-order valence-corrected chi connectivity index (χ1v) is 7.47. The van der Waals surface area contributed by atoms with Crippen molar-refractivity contribution >= 4 is 35.2 Å². The molecule has 2 N–H and O–H groups in total. The van der Waals surface area contributed by atoms with Crippen molar-refractivity contribution in [2.75, 3.05) is 7.11 Å². The van der Waals surface area contributed by atoms with Gasteiger partial charge in [-0.25, -0.2) is 0 Å². The highest BCUT2D eigenvalue weighted by Crippen LogP contribution is 2.30. The molecule has 0 heterocycles. The highest BCUT2D eigenvalue weighted by molar-refractivity contribution is 6.42. The van der Waals surface area contributed by atoms with Crippen molar-refractivity contribution in [2.45, 2.75) is 6.61 Å². The second kappa shape index (κ2) is 7.90. The van der Waals surface area contributed by atoms with Crippen molar-refractivity contribution in [3.05, 3.63) is 63.6 Å². The Hall–Kier alpha value is -2.17. The number of nitrogens with two attached hydrogens (primary N) is 1. The number of methoxy groups -OCH3 is 1. The fraction of sp³-hybridized carbons (Fsp3) is 0.118. The highest BCUT2D eigenvalue weighted by atomic mass is 35.5. The van der Waals surface area contributed by atoms with E-state index < -0.39 is 5.91 Å². The van der Waals surface area contributed by atoms with Crippen molar-refractivity contribution in [2.24, 2.45) is 5.73 Å². The van der Waals surface area contributed by atoms with E-state index in [9.17, 15) is 4.79 Å². The van der Waals surface area contributed by atoms with Gasteiger partial charge in [0.05, 0.1) is 17.2 Å². The lowest BCUT2D eigenvalue weighted by atomic mass is 10.2. The monoisotopic (exact) mass is 351 g/mol. The minimum absolute atomic E-state index is 0.323. The van der Waals surface area contributed by atoms with Crippen molar-refractivity contribution in [3.63, 3.8) is 0 Å². The van der Waals surface area contributed by atoms with Crippen molar-refractivity contribution in [1.82, 2.24) is 0 Å². The summed E-state index contributed by atoms with van der Waals surface area (Å²) in [6.45, 7) is 0.323. The number of hydrogen-bond donors (Lipinski definition) is 1. The molecule has 0 spiro atoms. The number of benzene rings is 2. The summed E-state index contributed by atoms with van der Waals surface area (Å²) in [5, 5.41) is 0.977. The molecular formula is C17H15Cl2NO3. The first kappa shape index (κ1) is 17.2. The van der Waals surface area contributed by atoms with E-state index in [-0.39, 0.29) is 0 Å². The first-order chi connectivity index (χ1) is 11.0. The van der Waals surface area contributed by atoms with Crippen LogP contribution in [0.2, 0.25) is 10.0 Å². The molecule has 2 aromatic rings. The third kappa shape index (κ3) is 4.91. The van der Waals surface area contributed by atoms with E-state index >= 15 is 0 Å². The van der Waals surface area contributed by atoms with E-state index in [4.69, 9.17) is 38.4 Å². The van der Waals surface area contributed by atoms with Gasteiger partial charge >= 0.3 is 0 Å². The molecule has 0 bridgehead atoms. The lowest BCUT2D eigenvalue weighted by molar-refractivity contribution is -0.113. The van der Waals surface area contributed by atoms with E-state index in [1.165, 1.54) is 6.08 Å². The third-order valence-corrected chi connectivity index (χ3v) is 3.75. The summed E-state index contributed by atoms with van der Waals surface area (Å²) in [4.78, 5) is 10.8. The van der Waals surface area contributed by atoms with Crippen LogP contribution in [-0.4, -0.2) is 13.0 Å². The minimum Gasteiger partial charge on any atom is -0.493 e. The number of carbonyl (C=O) groups is 1. The molecular weight excluding hydrogens is 337 g/mol. The smallest absolute Gasteiger partial charge is 0.241 e. The van der Waals surface area contributed by atoms with Crippen LogP contribution in [0.25, 0.3) is 6.08 Å². The average molecular weight is 352 g/mol. The van der Waals surface area contributed by atoms with E-state index in [0.717, 1.165) is 11.1 Å². The SMILES string of the molecule is COc1cc(/C=C/C(N)=O)ccc1OCc1ccc(Cl)c(Cl)c1. The molecule has 0 aliphatic heterocycles. The molecule has 0 fully saturated rings. The summed E-state index contributed by atoms with van der Waals surface area (Å²) in [7, 11) is 1.54. The lowest BCUT2D eigenvalue weighted by Crippen LogP contribution is -2.05. The van der Waals surface area contributed by atoms with Crippen LogP contribution < -0.4 is 15.2 Å². The Morgan fingerprint density at radius 2 is 1.91 bits per heavy atom. The maximum absolute atomic E-state index is 10.8. The van der Waals surface area contributed by atoms with Gasteiger partial charge in [0.25, 0.3) is 0 Å². The van der Waals surface area contributed by atoms with Gasteiger partial charge in [-0.15, -0.1) is 0 Å². The fourth-order valence-corrected chi connectivity index (χ4v) is 2.20. The summed E-state index contributed by atoms with van der Waals surface area (Å²) < 4.78 is 11.0. The van der Waals surface area contributed by atoms with Gasteiger partial charge in [0.1, 0.15) is 6.61 Å². The molecule has 0 atom stereocenters. The summed E-state index contributed by atoms with van der Waals surface area (Å²) in [5.74, 6) is 0.621. The largest absolute Gasteiger partial charge is 0.493 e. The molecule has 4 nitrogen and oxygen atoms in total. The summed E-state index contributed by atoms with van der Waals surface area (Å²) >= 11 is 11.9. The number of halogens is 2. The number of rotatable bonds is 6. The van der Waals surface area contributed by atoms with Gasteiger partial charge in [0.15, 0.2) is 11.5 Å². The second-order valence-electron chi connectivity index (χ2n) is 4.68. The molecule has 1 amide bonds. The molecule has 0 aliphatic rings. The van der Waals surface area contributed by atoms with Crippen LogP contribution >= 0.6 is 23.2 Å². The van der Waals surface area contributed by atoms with Gasteiger partial charge in [-0.3, -0.25) is 4.79 Å². The Morgan fingerprint density at radius 1 is 1.13 bits per heavy atom. The summed E-state index contributed by atoms with van der Waals surface area (Å²) in [5.41, 5.74) is 6.74. The van der Waals surface area contributed by atoms with Crippen LogP contribution in [-0.2, 0) is 11.4 Å². The second-order valence-corrected chi connectivity index (χ2v) is 5.50. The molecule has 0 unspecified atom stereocenters. The Bertz CT molecular complexity index is 745. The third-order valence-electron chi connectivity index (χ3n) is 3.01. The van der Waals surface area contributed by atoms with Gasteiger partial charge in [-0.05, 0) is 41.5 Å². The zero-order chi connectivity index (χ0) is 16.8. The molecule has 6 heteroatoms. The molecule has 0 saturated carbocycles. The van der Waals surface area contributed by atoms with E-state index in [1.807, 2.05) is 6.07 Å². The maximum Gasteiger partial charge on any atom is 0.241 e. The van der Waals surface area contributed by atoms with Crippen molar-refractivity contribution in [3.8, 4) is 11.5 Å². The van der Waals surface area contributed by atoms with Crippen LogP contribution in [0.15, 0.2) is 42.5 Å². The zero-order valence-electron chi connectivity index (χ0n) is 12.4. The van der Waals surface area contributed by atoms with Crippen molar-refractivity contribution < 1.29 is 14.3 Å². The average Bonchev–Trinajstić information content (AvgIpc) is 2.54. The normalized spacial score (nSPS) is 10.7. The van der Waals surface area contributed by atoms with Gasteiger partial charge in [-0.1, -0.05) is 35.3 Å². The van der Waals surface area contributed by atoms with Crippen LogP contribution in [0.4, 0.5) is 0 Å². The standard InChI is InChI=1S/C17H15Cl2NO3/c1-22-16-9-11(4-7-17(20)21)3-6-15(16)23-10-12-2-5-13(18)14(19)8-12/h2-9H,10H2,1H3,(H2,20,21)/b7-4+. The Morgan fingerprint density at radius 3 is 2.57 bits per heavy atom. The molecule has 23 heavy (non-hydrogen) atoms. The van der Waals surface area contributed by atoms with Gasteiger partial charge in [0, 0.05) is 6.08 Å². The Balaban J connectivity index is 2.12. The Kier molecular flexibility index (Phi) is 5.90. The van der Waals surface area contributed by atoms with Gasteiger partial charge < -0.3 is 15.2 Å². The summed E-state index contributed by atoms with van der Waals surface area (Å²) in [6, 6.07) is 10.6. The van der Waals surface area contributed by atoms with E-state index in [1.54, 1.807) is 43.5 Å². The number of amides is 1. The summed E-state index contributed by atoms with van der Waals surface area (Å²) in [6.07, 6.45) is 2.89. The topological polar surface area (TPSA) is 61.5 Å². The van der Waals surface area contributed by atoms with Gasteiger partial charge in [-0.2, -0.15) is 0 Å². The quantitative estimate of drug-likeness (QED) is 0.797. The molecule has 0 radical (unpaired) electrons. The molecule has 0 aromatic heterocycles. The van der Waals surface area contributed by atoms with Crippen LogP contribution in [0, 0.1) is 0 Å². The number of carbonyl (C=O) groups excluding carboxylic acids is 1. The van der Waals surface area contributed by atoms with Gasteiger partial charge in [0.2, 0.25) is 5.91 Å². The maximum atomic E-state index is 10.8. The Labute approximate surface area is 144 Å². The zero-order valence-corrected chi connectivity index (χ0v) is 13.9. The van der Waals surface area contributed by atoms with E-state index in [2.05, 4.69) is 0 Å². The molecule has 2 rings (SSSR count). The predicted molar refractivity (Wildman–Crippen MR) is 92.0 cm³/mol. The molecule has 0 saturated heterocycles. The number of ether oxygens (including phenoxy) is 2. The van der Waals surface area contributed by atoms with Crippen LogP contribution in [0.3, 0.4) is 0 Å². The molecule has 120 valence electrons. The first-order valence-electron chi connectivity index (χ1n) is 6.72. The van der Waals surface area contributed by atoms with Crippen molar-refractivity contribution in [1.29, 1.82) is 0 Å². The fourth-order valence-electron chi connectivity index (χ4n) is 1.88. The predicted octanol–water partition coefficient (Wildman–Crippen LogP) is 4.08. The number of hydrogen-bond acceptors (Lipinski definition) is 3. The lowest BCUT2D eigenvalue weighted by Gasteiger charge is -2.12. The van der Waals surface area contributed by atoms with Crippen LogP contribution in [0.1, 0.15) is 11.1 Å². The van der Waals surface area contributed by atoms with E-state index in [0.29, 0.717) is 28.2 Å².